The summed E-state index contributed by atoms with van der Waals surface area (Å²) in [7, 11) is 2.13. The number of hydrogen-bond acceptors (Lipinski definition) is 5. The fourth-order valence-electron chi connectivity index (χ4n) is 3.07. The van der Waals surface area contributed by atoms with Gasteiger partial charge in [-0.2, -0.15) is 0 Å². The van der Waals surface area contributed by atoms with Gasteiger partial charge in [0, 0.05) is 44.5 Å². The maximum Gasteiger partial charge on any atom is 0.249 e. The molecule has 3 rings (SSSR count). The molecule has 144 valence electrons. The van der Waals surface area contributed by atoms with Gasteiger partial charge >= 0.3 is 0 Å². The lowest BCUT2D eigenvalue weighted by atomic mass is 10.2. The van der Waals surface area contributed by atoms with E-state index >= 15 is 0 Å². The molecule has 1 fully saturated rings. The highest BCUT2D eigenvalue weighted by molar-refractivity contribution is 5.80. The van der Waals surface area contributed by atoms with Crippen molar-refractivity contribution in [3.8, 4) is 0 Å². The molecule has 0 spiro atoms. The molecule has 1 saturated heterocycles. The van der Waals surface area contributed by atoms with Gasteiger partial charge in [-0.3, -0.25) is 4.79 Å². The second-order valence-corrected chi connectivity index (χ2v) is 6.93. The lowest BCUT2D eigenvalue weighted by Crippen LogP contribution is -2.45. The van der Waals surface area contributed by atoms with Crippen LogP contribution in [0, 0.1) is 0 Å². The normalized spacial score (nSPS) is 16.1. The summed E-state index contributed by atoms with van der Waals surface area (Å²) in [5, 5.41) is 2.98. The first-order valence-corrected chi connectivity index (χ1v) is 9.44. The first-order chi connectivity index (χ1) is 13.1. The summed E-state index contributed by atoms with van der Waals surface area (Å²) >= 11 is 0. The number of amides is 1. The van der Waals surface area contributed by atoms with Gasteiger partial charge in [-0.25, -0.2) is 4.98 Å². The molecule has 1 amide bonds. The molecule has 1 N–H and O–H groups in total. The maximum absolute atomic E-state index is 12.4. The number of piperazine rings is 1. The third kappa shape index (κ3) is 5.52. The summed E-state index contributed by atoms with van der Waals surface area (Å²) in [6.45, 7) is 6.60. The number of nitrogens with one attached hydrogen (secondary N) is 1. The van der Waals surface area contributed by atoms with E-state index in [1.807, 2.05) is 48.7 Å². The lowest BCUT2D eigenvalue weighted by molar-refractivity contribution is -0.132. The molecule has 2 aromatic rings. The van der Waals surface area contributed by atoms with Crippen LogP contribution in [0.3, 0.4) is 0 Å². The predicted molar refractivity (Wildman–Crippen MR) is 106 cm³/mol. The average Bonchev–Trinajstić information content (AvgIpc) is 2.72. The summed E-state index contributed by atoms with van der Waals surface area (Å²) in [5.74, 6) is 0.850. The van der Waals surface area contributed by atoms with E-state index in [4.69, 9.17) is 4.74 Å². The molecule has 1 aliphatic rings. The molecule has 0 aliphatic carbocycles. The summed E-state index contributed by atoms with van der Waals surface area (Å²) in [5.41, 5.74) is 2.09. The second-order valence-electron chi connectivity index (χ2n) is 6.93. The highest BCUT2D eigenvalue weighted by Crippen LogP contribution is 2.18. The molecule has 0 saturated carbocycles. The van der Waals surface area contributed by atoms with E-state index < -0.39 is 6.10 Å². The molecule has 6 heteroatoms. The van der Waals surface area contributed by atoms with Crippen molar-refractivity contribution in [3.05, 3.63) is 59.8 Å². The zero-order valence-corrected chi connectivity index (χ0v) is 16.1. The van der Waals surface area contributed by atoms with E-state index in [1.165, 1.54) is 0 Å². The monoisotopic (exact) mass is 368 g/mol. The predicted octanol–water partition coefficient (Wildman–Crippen LogP) is 2.05. The number of pyridine rings is 1. The summed E-state index contributed by atoms with van der Waals surface area (Å²) in [4.78, 5) is 21.5. The van der Waals surface area contributed by atoms with Crippen LogP contribution in [0.5, 0.6) is 0 Å². The molecule has 27 heavy (non-hydrogen) atoms. The number of aromatic nitrogens is 1. The van der Waals surface area contributed by atoms with Crippen molar-refractivity contribution in [2.75, 3.05) is 38.1 Å². The SMILES string of the molecule is CC(OCc1ccccc1)C(=O)NCc1cccnc1N1CCN(C)CC1. The van der Waals surface area contributed by atoms with Gasteiger partial charge in [-0.1, -0.05) is 36.4 Å². The molecule has 1 unspecified atom stereocenters. The van der Waals surface area contributed by atoms with Gasteiger partial charge in [-0.05, 0) is 25.6 Å². The Kier molecular flexibility index (Phi) is 6.79. The van der Waals surface area contributed by atoms with Crippen LogP contribution in [0.2, 0.25) is 0 Å². The standard InChI is InChI=1S/C21H28N4O2/c1-17(27-16-18-7-4-3-5-8-18)21(26)23-15-19-9-6-10-22-20(19)25-13-11-24(2)12-14-25/h3-10,17H,11-16H2,1-2H3,(H,23,26). The minimum absolute atomic E-state index is 0.112. The number of ether oxygens (including phenoxy) is 1. The van der Waals surface area contributed by atoms with Crippen LogP contribution >= 0.6 is 0 Å². The smallest absolute Gasteiger partial charge is 0.249 e. The van der Waals surface area contributed by atoms with Crippen LogP contribution < -0.4 is 10.2 Å². The molecule has 1 aromatic carbocycles. The van der Waals surface area contributed by atoms with Crippen molar-refractivity contribution < 1.29 is 9.53 Å². The third-order valence-electron chi connectivity index (χ3n) is 4.84. The van der Waals surface area contributed by atoms with Gasteiger partial charge in [-0.15, -0.1) is 0 Å². The number of carbonyl (C=O) groups excluding carboxylic acids is 1. The average molecular weight is 368 g/mol. The van der Waals surface area contributed by atoms with E-state index in [0.717, 1.165) is 43.1 Å². The van der Waals surface area contributed by atoms with Crippen molar-refractivity contribution in [3.63, 3.8) is 0 Å². The molecular formula is C21H28N4O2. The van der Waals surface area contributed by atoms with E-state index in [0.29, 0.717) is 13.2 Å². The molecular weight excluding hydrogens is 340 g/mol. The van der Waals surface area contributed by atoms with Gasteiger partial charge in [0.2, 0.25) is 5.91 Å². The zero-order chi connectivity index (χ0) is 19.1. The van der Waals surface area contributed by atoms with Gasteiger partial charge < -0.3 is 19.9 Å². The highest BCUT2D eigenvalue weighted by Gasteiger charge is 2.19. The molecule has 6 nitrogen and oxygen atoms in total. The van der Waals surface area contributed by atoms with Gasteiger partial charge in [0.1, 0.15) is 11.9 Å². The summed E-state index contributed by atoms with van der Waals surface area (Å²) < 4.78 is 5.69. The molecule has 1 atom stereocenters. The van der Waals surface area contributed by atoms with Crippen LogP contribution in [0.1, 0.15) is 18.1 Å². The van der Waals surface area contributed by atoms with E-state index in [9.17, 15) is 4.79 Å². The Morgan fingerprint density at radius 1 is 1.15 bits per heavy atom. The number of hydrogen-bond donors (Lipinski definition) is 1. The van der Waals surface area contributed by atoms with Crippen molar-refractivity contribution >= 4 is 11.7 Å². The van der Waals surface area contributed by atoms with Gasteiger partial charge in [0.05, 0.1) is 6.61 Å². The Balaban J connectivity index is 1.52. The highest BCUT2D eigenvalue weighted by atomic mass is 16.5. The van der Waals surface area contributed by atoms with Crippen molar-refractivity contribution in [2.24, 2.45) is 0 Å². The Morgan fingerprint density at radius 2 is 1.89 bits per heavy atom. The van der Waals surface area contributed by atoms with Gasteiger partial charge in [0.25, 0.3) is 0 Å². The van der Waals surface area contributed by atoms with Crippen LogP contribution in [0.15, 0.2) is 48.7 Å². The molecule has 0 bridgehead atoms. The third-order valence-corrected chi connectivity index (χ3v) is 4.84. The van der Waals surface area contributed by atoms with Gasteiger partial charge in [0.15, 0.2) is 0 Å². The summed E-state index contributed by atoms with van der Waals surface area (Å²) in [6.07, 6.45) is 1.30. The number of benzene rings is 1. The van der Waals surface area contributed by atoms with Crippen LogP contribution in [-0.2, 0) is 22.7 Å². The summed E-state index contributed by atoms with van der Waals surface area (Å²) in [6, 6.07) is 13.8. The Hall–Kier alpha value is -2.44. The minimum atomic E-state index is -0.506. The van der Waals surface area contributed by atoms with Crippen molar-refractivity contribution in [2.45, 2.75) is 26.2 Å². The van der Waals surface area contributed by atoms with Crippen molar-refractivity contribution in [1.29, 1.82) is 0 Å². The largest absolute Gasteiger partial charge is 0.364 e. The fourth-order valence-corrected chi connectivity index (χ4v) is 3.07. The Labute approximate surface area is 161 Å². The van der Waals surface area contributed by atoms with Crippen molar-refractivity contribution in [1.82, 2.24) is 15.2 Å². The quantitative estimate of drug-likeness (QED) is 0.811. The Bertz CT molecular complexity index is 730. The second kappa shape index (κ2) is 9.48. The van der Waals surface area contributed by atoms with Crippen LogP contribution in [0.25, 0.3) is 0 Å². The molecule has 0 radical (unpaired) electrons. The minimum Gasteiger partial charge on any atom is -0.364 e. The molecule has 1 aromatic heterocycles. The number of anilines is 1. The number of carbonyl (C=O) groups is 1. The fraction of sp³-hybridized carbons (Fsp3) is 0.429. The zero-order valence-electron chi connectivity index (χ0n) is 16.1. The molecule has 1 aliphatic heterocycles. The Morgan fingerprint density at radius 3 is 2.63 bits per heavy atom. The van der Waals surface area contributed by atoms with E-state index in [2.05, 4.69) is 27.1 Å². The first-order valence-electron chi connectivity index (χ1n) is 9.44. The molecule has 2 heterocycles. The van der Waals surface area contributed by atoms with Crippen LogP contribution in [-0.4, -0.2) is 55.1 Å². The maximum atomic E-state index is 12.4. The number of likely N-dealkylation sites (N-methyl/N-ethyl adjacent to an activating group) is 1. The topological polar surface area (TPSA) is 57.7 Å². The first kappa shape index (κ1) is 19.3. The number of nitrogens with zero attached hydrogens (tertiary/aromatic N) is 3. The van der Waals surface area contributed by atoms with E-state index in [1.54, 1.807) is 6.92 Å². The van der Waals surface area contributed by atoms with Crippen LogP contribution in [0.4, 0.5) is 5.82 Å². The van der Waals surface area contributed by atoms with E-state index in [-0.39, 0.29) is 5.91 Å². The number of rotatable bonds is 7. The lowest BCUT2D eigenvalue weighted by Gasteiger charge is -2.34.